The maximum Gasteiger partial charge on any atom is 0.320 e. The zero-order valence-electron chi connectivity index (χ0n) is 43.6. The van der Waals surface area contributed by atoms with Crippen LogP contribution in [0.1, 0.15) is 81.4 Å². The van der Waals surface area contributed by atoms with E-state index in [1.165, 1.54) is 19.1 Å². The van der Waals surface area contributed by atoms with Crippen molar-refractivity contribution >= 4 is 70.1 Å². The van der Waals surface area contributed by atoms with Crippen LogP contribution in [0.15, 0.2) is 109 Å². The lowest BCUT2D eigenvalue weighted by Crippen LogP contribution is -2.59. The highest BCUT2D eigenvalue weighted by Gasteiger charge is 2.62. The number of aromatic amines is 1. The average molecular weight is 1090 g/mol. The van der Waals surface area contributed by atoms with Crippen LogP contribution in [0.4, 0.5) is 0 Å². The summed E-state index contributed by atoms with van der Waals surface area (Å²) < 4.78 is 0. The van der Waals surface area contributed by atoms with Gasteiger partial charge >= 0.3 is 11.9 Å². The molecule has 8 atom stereocenters. The summed E-state index contributed by atoms with van der Waals surface area (Å²) >= 11 is 0. The summed E-state index contributed by atoms with van der Waals surface area (Å²) in [6.07, 6.45) is 1.03. The molecule has 1 saturated carbocycles. The van der Waals surface area contributed by atoms with Gasteiger partial charge in [0.1, 0.15) is 47.5 Å². The number of amides is 8. The fourth-order valence-corrected chi connectivity index (χ4v) is 9.03. The lowest BCUT2D eigenvalue weighted by atomic mass is 10.00. The van der Waals surface area contributed by atoms with Crippen molar-refractivity contribution in [2.24, 2.45) is 11.5 Å². The van der Waals surface area contributed by atoms with Gasteiger partial charge in [0.05, 0.1) is 13.0 Å². The molecule has 0 aliphatic heterocycles. The Hall–Kier alpha value is -9.12. The summed E-state index contributed by atoms with van der Waals surface area (Å²) in [6.45, 7) is 2.47. The molecular formula is C56H66N10O13. The molecule has 15 N–H and O–H groups in total. The van der Waals surface area contributed by atoms with Crippen molar-refractivity contribution in [1.29, 1.82) is 0 Å². The molecule has 418 valence electrons. The SMILES string of the molecule is CCCC[C@H](NC(=O)[C@H](Cc1c[nH]c2ccccc12)NC(=O)CNC(=O)C1(NC(=O)[C@H](C)NC(=O)CC[C@@H](N)C(=O)O)CC1c1ccc(O)cc1)C(=O)N[C@@H](CC(=O)O)C(=O)N[C@@H](Cc1ccc(-c2ccccc2)cc1)C(N)=O. The number of phenols is 1. The summed E-state index contributed by atoms with van der Waals surface area (Å²) in [5.41, 5.74) is 13.9. The van der Waals surface area contributed by atoms with Gasteiger partial charge < -0.3 is 69.0 Å². The standard InChI is InChI=1S/C56H66N10O13/c1-3-4-13-42(51(74)65-45(27-48(70)71)53(76)64-43(49(58)72)25-32-15-17-34(18-16-32)33-10-6-5-7-11-33)63-52(75)44(26-36-29-59-41-14-9-8-12-38(36)41)62-47(69)30-60-55(79)56(28-39(56)35-19-21-37(67)22-20-35)66-50(73)31(2)61-46(68)24-23-40(57)54(77)78/h5-12,14-22,29,31,39-40,42-45,59,67H,3-4,13,23-28,30,57H2,1-2H3,(H2,58,72)(H,60,79)(H,61,68)(H,62,69)(H,63,75)(H,64,76)(H,65,74)(H,66,73)(H,70,71)(H,77,78)/t31-,39?,40+,42-,43-,44-,45-,56?/m0/s1. The van der Waals surface area contributed by atoms with E-state index in [-0.39, 0.29) is 44.3 Å². The topological polar surface area (TPSA) is 383 Å². The molecule has 1 aliphatic rings. The van der Waals surface area contributed by atoms with Gasteiger partial charge in [0.15, 0.2) is 0 Å². The number of primary amides is 1. The van der Waals surface area contributed by atoms with Crippen LogP contribution in [0.2, 0.25) is 0 Å². The first-order chi connectivity index (χ1) is 37.7. The van der Waals surface area contributed by atoms with Gasteiger partial charge in [0.2, 0.25) is 47.3 Å². The van der Waals surface area contributed by atoms with Crippen molar-refractivity contribution in [3.8, 4) is 16.9 Å². The molecule has 2 unspecified atom stereocenters. The number of benzene rings is 4. The van der Waals surface area contributed by atoms with E-state index in [0.717, 1.165) is 11.1 Å². The zero-order valence-corrected chi connectivity index (χ0v) is 43.6. The van der Waals surface area contributed by atoms with E-state index in [1.807, 2.05) is 49.4 Å². The Morgan fingerprint density at radius 3 is 1.96 bits per heavy atom. The summed E-state index contributed by atoms with van der Waals surface area (Å²) in [4.78, 5) is 136. The number of carbonyl (C=O) groups is 10. The molecule has 0 bridgehead atoms. The Balaban J connectivity index is 1.16. The molecule has 0 saturated heterocycles. The number of aromatic hydroxyl groups is 1. The summed E-state index contributed by atoms with van der Waals surface area (Å²) in [5, 5.41) is 47.5. The van der Waals surface area contributed by atoms with Gasteiger partial charge in [-0.1, -0.05) is 105 Å². The normalized spacial score (nSPS) is 16.8. The minimum Gasteiger partial charge on any atom is -0.508 e. The molecule has 4 aromatic carbocycles. The van der Waals surface area contributed by atoms with Gasteiger partial charge in [-0.15, -0.1) is 0 Å². The lowest BCUT2D eigenvalue weighted by molar-refractivity contribution is -0.141. The van der Waals surface area contributed by atoms with Crippen molar-refractivity contribution in [1.82, 2.24) is 42.2 Å². The zero-order chi connectivity index (χ0) is 57.4. The Morgan fingerprint density at radius 2 is 1.30 bits per heavy atom. The van der Waals surface area contributed by atoms with Crippen LogP contribution in [-0.4, -0.2) is 128 Å². The number of rotatable bonds is 29. The monoisotopic (exact) mass is 1090 g/mol. The smallest absolute Gasteiger partial charge is 0.320 e. The van der Waals surface area contributed by atoms with Gasteiger partial charge in [-0.25, -0.2) is 0 Å². The van der Waals surface area contributed by atoms with E-state index in [1.54, 1.807) is 54.7 Å². The third-order valence-electron chi connectivity index (χ3n) is 13.6. The number of carbonyl (C=O) groups excluding carboxylic acids is 8. The minimum atomic E-state index is -1.73. The first-order valence-electron chi connectivity index (χ1n) is 25.8. The third-order valence-corrected chi connectivity index (χ3v) is 13.6. The molecule has 0 radical (unpaired) electrons. The minimum absolute atomic E-state index is 0.0133. The number of nitrogens with one attached hydrogen (secondary N) is 8. The molecule has 0 spiro atoms. The van der Waals surface area contributed by atoms with E-state index in [2.05, 4.69) is 42.2 Å². The predicted molar refractivity (Wildman–Crippen MR) is 288 cm³/mol. The van der Waals surface area contributed by atoms with Crippen LogP contribution < -0.4 is 48.7 Å². The van der Waals surface area contributed by atoms with Crippen LogP contribution >= 0.6 is 0 Å². The van der Waals surface area contributed by atoms with E-state index in [4.69, 9.17) is 16.6 Å². The maximum atomic E-state index is 14.5. The summed E-state index contributed by atoms with van der Waals surface area (Å²) in [5.74, 6) is -10.3. The number of carboxylic acid groups (broad SMARTS) is 2. The fourth-order valence-electron chi connectivity index (χ4n) is 9.03. The second kappa shape index (κ2) is 27.3. The summed E-state index contributed by atoms with van der Waals surface area (Å²) in [7, 11) is 0. The van der Waals surface area contributed by atoms with Crippen molar-refractivity contribution in [2.75, 3.05) is 6.54 Å². The number of hydrogen-bond donors (Lipinski definition) is 13. The van der Waals surface area contributed by atoms with Crippen molar-refractivity contribution < 1.29 is 63.3 Å². The number of unbranched alkanes of at least 4 members (excludes halogenated alkanes) is 1. The molecule has 1 aromatic heterocycles. The van der Waals surface area contributed by atoms with Crippen molar-refractivity contribution in [3.05, 3.63) is 126 Å². The number of phenolic OH excluding ortho intramolecular Hbond substituents is 1. The van der Waals surface area contributed by atoms with Gasteiger partial charge in [0, 0.05) is 42.3 Å². The number of hydrogen-bond acceptors (Lipinski definition) is 12. The second-order valence-corrected chi connectivity index (χ2v) is 19.5. The van der Waals surface area contributed by atoms with Crippen LogP contribution in [0.25, 0.3) is 22.0 Å². The Labute approximate surface area is 454 Å². The highest BCUT2D eigenvalue weighted by Crippen LogP contribution is 2.52. The molecule has 1 fully saturated rings. The van der Waals surface area contributed by atoms with Crippen LogP contribution in [0.5, 0.6) is 5.75 Å². The molecular weight excluding hydrogens is 1020 g/mol. The van der Waals surface area contributed by atoms with Gasteiger partial charge in [-0.2, -0.15) is 0 Å². The number of carboxylic acids is 2. The number of para-hydroxylation sites is 1. The van der Waals surface area contributed by atoms with Gasteiger partial charge in [-0.05, 0) is 72.2 Å². The van der Waals surface area contributed by atoms with Crippen molar-refractivity contribution in [3.63, 3.8) is 0 Å². The van der Waals surface area contributed by atoms with Gasteiger partial charge in [0.25, 0.3) is 0 Å². The van der Waals surface area contributed by atoms with Crippen LogP contribution in [-0.2, 0) is 60.8 Å². The van der Waals surface area contributed by atoms with Crippen LogP contribution in [0.3, 0.4) is 0 Å². The molecule has 8 amide bonds. The lowest BCUT2D eigenvalue weighted by Gasteiger charge is -2.26. The molecule has 5 aromatic rings. The van der Waals surface area contributed by atoms with E-state index >= 15 is 0 Å². The largest absolute Gasteiger partial charge is 0.508 e. The number of fused-ring (bicyclic) bond motifs is 1. The number of nitrogens with two attached hydrogens (primary N) is 2. The molecule has 23 nitrogen and oxygen atoms in total. The molecule has 23 heteroatoms. The predicted octanol–water partition coefficient (Wildman–Crippen LogP) is 1.27. The van der Waals surface area contributed by atoms with E-state index in [0.29, 0.717) is 40.4 Å². The Kier molecular flexibility index (Phi) is 20.4. The average Bonchev–Trinajstić information content (AvgIpc) is 4.14. The number of H-pyrrole nitrogens is 1. The molecule has 6 rings (SSSR count). The maximum absolute atomic E-state index is 14.5. The second-order valence-electron chi connectivity index (χ2n) is 19.5. The fraction of sp³-hybridized carbons (Fsp3) is 0.357. The molecule has 1 aliphatic carbocycles. The number of aliphatic carboxylic acids is 2. The third kappa shape index (κ3) is 16.4. The first-order valence-corrected chi connectivity index (χ1v) is 25.8. The highest BCUT2D eigenvalue weighted by atomic mass is 16.4. The highest BCUT2D eigenvalue weighted by molar-refractivity contribution is 6.01. The van der Waals surface area contributed by atoms with Gasteiger partial charge in [-0.3, -0.25) is 47.9 Å². The van der Waals surface area contributed by atoms with E-state index < -0.39 is 120 Å². The van der Waals surface area contributed by atoms with Crippen LogP contribution in [0, 0.1) is 0 Å². The Bertz CT molecular complexity index is 3020. The summed E-state index contributed by atoms with van der Waals surface area (Å²) in [6, 6.07) is 21.5. The quantitative estimate of drug-likeness (QED) is 0.0321. The van der Waals surface area contributed by atoms with Crippen molar-refractivity contribution in [2.45, 2.75) is 119 Å². The van der Waals surface area contributed by atoms with E-state index in [9.17, 15) is 58.2 Å². The molecule has 1 heterocycles. The number of aromatic nitrogens is 1. The Morgan fingerprint density at radius 1 is 0.684 bits per heavy atom. The first kappa shape index (κ1) is 59.1. The molecule has 79 heavy (non-hydrogen) atoms.